The summed E-state index contributed by atoms with van der Waals surface area (Å²) in [6.07, 6.45) is 6.68. The van der Waals surface area contributed by atoms with E-state index in [4.69, 9.17) is 0 Å². The van der Waals surface area contributed by atoms with E-state index in [0.717, 1.165) is 21.9 Å². The SMILES string of the molecule is C[C@@H]1CC[C@H]2C[C@@H]3CC[C@@H](C)P3C3=C(C(=O)CC3=O)P21. The van der Waals surface area contributed by atoms with Crippen molar-refractivity contribution in [2.24, 2.45) is 0 Å². The molecular formula is C16H22O2P2. The maximum atomic E-state index is 12.5. The Morgan fingerprint density at radius 2 is 1.25 bits per heavy atom. The van der Waals surface area contributed by atoms with E-state index in [9.17, 15) is 9.59 Å². The maximum absolute atomic E-state index is 12.5. The second-order valence-corrected chi connectivity index (χ2v) is 12.7. The van der Waals surface area contributed by atoms with Crippen LogP contribution in [0.2, 0.25) is 0 Å². The molecule has 0 saturated carbocycles. The molecule has 0 N–H and O–H groups in total. The molecule has 3 aliphatic heterocycles. The van der Waals surface area contributed by atoms with Crippen molar-refractivity contribution in [1.82, 2.24) is 0 Å². The van der Waals surface area contributed by atoms with E-state index < -0.39 is 0 Å². The lowest BCUT2D eigenvalue weighted by molar-refractivity contribution is -0.120. The summed E-state index contributed by atoms with van der Waals surface area (Å²) < 4.78 is 0. The lowest BCUT2D eigenvalue weighted by Gasteiger charge is -2.24. The highest BCUT2D eigenvalue weighted by molar-refractivity contribution is 7.71. The number of hydrogen-bond donors (Lipinski definition) is 0. The molecule has 1 aliphatic carbocycles. The molecule has 4 heteroatoms. The lowest BCUT2D eigenvalue weighted by Crippen LogP contribution is -2.12. The van der Waals surface area contributed by atoms with E-state index >= 15 is 0 Å². The van der Waals surface area contributed by atoms with Crippen molar-refractivity contribution in [3.8, 4) is 0 Å². The number of fused-ring (bicyclic) bond motifs is 4. The molecule has 2 saturated heterocycles. The highest BCUT2D eigenvalue weighted by atomic mass is 31.1. The highest BCUT2D eigenvalue weighted by Crippen LogP contribution is 2.75. The Kier molecular flexibility index (Phi) is 3.21. The fraction of sp³-hybridized carbons (Fsp3) is 0.750. The molecule has 0 amide bonds. The molecule has 2 fully saturated rings. The van der Waals surface area contributed by atoms with Crippen LogP contribution in [0.3, 0.4) is 0 Å². The molecule has 0 aromatic rings. The van der Waals surface area contributed by atoms with Gasteiger partial charge in [0.2, 0.25) is 0 Å². The molecule has 108 valence electrons. The first kappa shape index (κ1) is 13.6. The number of ketones is 2. The second kappa shape index (κ2) is 4.72. The first-order chi connectivity index (χ1) is 9.58. The second-order valence-electron chi connectivity index (χ2n) is 6.93. The van der Waals surface area contributed by atoms with Crippen molar-refractivity contribution < 1.29 is 9.59 Å². The minimum Gasteiger partial charge on any atom is -0.294 e. The van der Waals surface area contributed by atoms with Crippen LogP contribution in [0.5, 0.6) is 0 Å². The van der Waals surface area contributed by atoms with E-state index in [2.05, 4.69) is 13.8 Å². The minimum atomic E-state index is -0.332. The number of carbonyl (C=O) groups excluding carboxylic acids is 2. The van der Waals surface area contributed by atoms with Crippen LogP contribution in [0, 0.1) is 0 Å². The summed E-state index contributed by atoms with van der Waals surface area (Å²) in [5.74, 6) is 0.439. The number of rotatable bonds is 0. The summed E-state index contributed by atoms with van der Waals surface area (Å²) in [5, 5.41) is 2.20. The van der Waals surface area contributed by atoms with Gasteiger partial charge in [0, 0.05) is 10.6 Å². The Hall–Kier alpha value is -0.0600. The van der Waals surface area contributed by atoms with Gasteiger partial charge in [0.15, 0.2) is 11.6 Å². The predicted molar refractivity (Wildman–Crippen MR) is 85.1 cm³/mol. The number of allylic oxidation sites excluding steroid dienone is 2. The summed E-state index contributed by atoms with van der Waals surface area (Å²) in [5.41, 5.74) is 2.84. The van der Waals surface area contributed by atoms with Gasteiger partial charge in [0.1, 0.15) is 0 Å². The summed E-state index contributed by atoms with van der Waals surface area (Å²) >= 11 is 0. The van der Waals surface area contributed by atoms with Crippen LogP contribution in [-0.4, -0.2) is 34.2 Å². The molecular weight excluding hydrogens is 286 g/mol. The number of Topliss-reactive ketones (excluding diaryl/α,β-unsaturated/α-hetero) is 2. The summed E-state index contributed by atoms with van der Waals surface area (Å²) in [7, 11) is -0.665. The zero-order valence-electron chi connectivity index (χ0n) is 12.3. The monoisotopic (exact) mass is 308 g/mol. The van der Waals surface area contributed by atoms with Gasteiger partial charge >= 0.3 is 0 Å². The summed E-state index contributed by atoms with van der Waals surface area (Å²) in [6.45, 7) is 4.65. The molecule has 0 bridgehead atoms. The van der Waals surface area contributed by atoms with Gasteiger partial charge in [-0.25, -0.2) is 0 Å². The van der Waals surface area contributed by atoms with Gasteiger partial charge in [-0.15, -0.1) is 0 Å². The molecule has 4 aliphatic rings. The fourth-order valence-corrected chi connectivity index (χ4v) is 12.9. The van der Waals surface area contributed by atoms with Crippen LogP contribution in [0.15, 0.2) is 10.6 Å². The van der Waals surface area contributed by atoms with E-state index in [1.54, 1.807) is 0 Å². The third-order valence-electron chi connectivity index (χ3n) is 5.71. The van der Waals surface area contributed by atoms with Crippen molar-refractivity contribution in [3.63, 3.8) is 0 Å². The first-order valence-electron chi connectivity index (χ1n) is 7.95. The topological polar surface area (TPSA) is 34.1 Å². The van der Waals surface area contributed by atoms with Gasteiger partial charge < -0.3 is 0 Å². The highest BCUT2D eigenvalue weighted by Gasteiger charge is 2.52. The average Bonchev–Trinajstić information content (AvgIpc) is 2.97. The largest absolute Gasteiger partial charge is 0.294 e. The zero-order chi connectivity index (χ0) is 14.0. The van der Waals surface area contributed by atoms with Crippen LogP contribution in [0.4, 0.5) is 0 Å². The van der Waals surface area contributed by atoms with E-state index in [1.807, 2.05) is 0 Å². The van der Waals surface area contributed by atoms with Gasteiger partial charge in [0.05, 0.1) is 6.42 Å². The molecule has 2 nitrogen and oxygen atoms in total. The molecule has 2 unspecified atom stereocenters. The molecule has 4 rings (SSSR count). The molecule has 6 atom stereocenters. The molecule has 0 aromatic heterocycles. The summed E-state index contributed by atoms with van der Waals surface area (Å²) in [4.78, 5) is 25.0. The average molecular weight is 308 g/mol. The summed E-state index contributed by atoms with van der Waals surface area (Å²) in [6, 6.07) is 0. The minimum absolute atomic E-state index is 0.210. The van der Waals surface area contributed by atoms with Gasteiger partial charge in [-0.3, -0.25) is 9.59 Å². The Labute approximate surface area is 123 Å². The van der Waals surface area contributed by atoms with Crippen LogP contribution in [0.1, 0.15) is 52.4 Å². The Morgan fingerprint density at radius 3 is 1.70 bits per heavy atom. The normalized spacial score (nSPS) is 47.3. The van der Waals surface area contributed by atoms with Gasteiger partial charge in [0.25, 0.3) is 0 Å². The fourth-order valence-electron chi connectivity index (χ4n) is 4.84. The molecule has 3 heterocycles. The lowest BCUT2D eigenvalue weighted by atomic mass is 10.1. The molecule has 0 spiro atoms. The van der Waals surface area contributed by atoms with Crippen LogP contribution < -0.4 is 0 Å². The molecule has 20 heavy (non-hydrogen) atoms. The predicted octanol–water partition coefficient (Wildman–Crippen LogP) is 4.21. The van der Waals surface area contributed by atoms with Crippen molar-refractivity contribution in [3.05, 3.63) is 10.6 Å². The van der Waals surface area contributed by atoms with Gasteiger partial charge in [-0.05, 0) is 54.7 Å². The third kappa shape index (κ3) is 1.77. The van der Waals surface area contributed by atoms with Crippen molar-refractivity contribution in [1.29, 1.82) is 0 Å². The quantitative estimate of drug-likeness (QED) is 0.496. The van der Waals surface area contributed by atoms with Crippen LogP contribution >= 0.6 is 15.8 Å². The van der Waals surface area contributed by atoms with Crippen molar-refractivity contribution in [2.45, 2.75) is 75.0 Å². The maximum Gasteiger partial charge on any atom is 0.171 e. The van der Waals surface area contributed by atoms with E-state index in [0.29, 0.717) is 11.3 Å². The Balaban J connectivity index is 1.89. The van der Waals surface area contributed by atoms with Crippen LogP contribution in [0.25, 0.3) is 0 Å². The van der Waals surface area contributed by atoms with Gasteiger partial charge in [-0.2, -0.15) is 0 Å². The Morgan fingerprint density at radius 1 is 0.800 bits per heavy atom. The number of carbonyl (C=O) groups is 2. The Bertz CT molecular complexity index is 481. The molecule has 0 aromatic carbocycles. The van der Waals surface area contributed by atoms with Crippen molar-refractivity contribution in [2.75, 3.05) is 0 Å². The first-order valence-corrected chi connectivity index (χ1v) is 10.9. The van der Waals surface area contributed by atoms with Crippen molar-refractivity contribution >= 4 is 27.4 Å². The van der Waals surface area contributed by atoms with E-state index in [-0.39, 0.29) is 33.8 Å². The van der Waals surface area contributed by atoms with E-state index in [1.165, 1.54) is 32.1 Å². The van der Waals surface area contributed by atoms with Crippen LogP contribution in [-0.2, 0) is 9.59 Å². The third-order valence-corrected chi connectivity index (χ3v) is 12.8. The van der Waals surface area contributed by atoms with Gasteiger partial charge in [-0.1, -0.05) is 29.7 Å². The molecule has 0 radical (unpaired) electrons. The standard InChI is InChI=1S/C16H22O2P2/c1-9-3-5-11-7-12-6-4-10(2)20(12)16-14(18)8-13(17)15(16)19(9)11/h9-12H,3-8H2,1-2H3/t9-,10-,11+,12+,19?,20?/m1/s1. The number of hydrogen-bond acceptors (Lipinski definition) is 2. The zero-order valence-corrected chi connectivity index (χ0v) is 14.1. The smallest absolute Gasteiger partial charge is 0.171 e.